The van der Waals surface area contributed by atoms with Crippen molar-refractivity contribution in [2.45, 2.75) is 46.6 Å². The van der Waals surface area contributed by atoms with Crippen LogP contribution in [0.1, 0.15) is 39.9 Å². The highest BCUT2D eigenvalue weighted by atomic mass is 16.1. The summed E-state index contributed by atoms with van der Waals surface area (Å²) in [6, 6.07) is 1.85. The molecule has 1 aromatic heterocycles. The Morgan fingerprint density at radius 2 is 1.80 bits per heavy atom. The molecule has 0 bridgehead atoms. The molecule has 1 rings (SSSR count). The molecule has 1 amide bonds. The fraction of sp³-hybridized carbons (Fsp3) is 0.643. The first kappa shape index (κ1) is 16.2. The highest BCUT2D eigenvalue weighted by Gasteiger charge is 2.13. The van der Waals surface area contributed by atoms with Gasteiger partial charge in [0.1, 0.15) is 17.5 Å². The molecule has 0 radical (unpaired) electrons. The molecule has 0 aliphatic carbocycles. The number of carbonyl (C=O) groups is 1. The molecule has 0 saturated carbocycles. The van der Waals surface area contributed by atoms with E-state index in [1.54, 1.807) is 0 Å². The molecule has 1 heterocycles. The van der Waals surface area contributed by atoms with Crippen LogP contribution in [0, 0.1) is 6.92 Å². The lowest BCUT2D eigenvalue weighted by Crippen LogP contribution is -2.41. The summed E-state index contributed by atoms with van der Waals surface area (Å²) >= 11 is 0. The molecule has 0 saturated heterocycles. The molecule has 112 valence electrons. The Hall–Kier alpha value is -1.85. The molecule has 0 aliphatic rings. The monoisotopic (exact) mass is 279 g/mol. The van der Waals surface area contributed by atoms with Gasteiger partial charge < -0.3 is 16.0 Å². The van der Waals surface area contributed by atoms with Crippen molar-refractivity contribution in [2.24, 2.45) is 0 Å². The zero-order chi connectivity index (χ0) is 15.2. The first-order chi connectivity index (χ1) is 9.30. The normalized spacial score (nSPS) is 11.1. The van der Waals surface area contributed by atoms with E-state index in [0.717, 1.165) is 18.2 Å². The van der Waals surface area contributed by atoms with Crippen molar-refractivity contribution in [1.82, 2.24) is 15.3 Å². The van der Waals surface area contributed by atoms with Gasteiger partial charge in [-0.1, -0.05) is 0 Å². The quantitative estimate of drug-likeness (QED) is 0.741. The second-order valence-corrected chi connectivity index (χ2v) is 5.69. The van der Waals surface area contributed by atoms with E-state index in [2.05, 4.69) is 25.9 Å². The number of carbonyl (C=O) groups excluding carboxylic acids is 1. The summed E-state index contributed by atoms with van der Waals surface area (Å²) in [6.07, 6.45) is 0.414. The van der Waals surface area contributed by atoms with Crippen molar-refractivity contribution in [3.8, 4) is 0 Å². The Morgan fingerprint density at radius 3 is 2.35 bits per heavy atom. The smallest absolute Gasteiger partial charge is 0.222 e. The highest BCUT2D eigenvalue weighted by molar-refractivity contribution is 5.77. The molecule has 0 spiro atoms. The number of nitrogens with one attached hydrogen (secondary N) is 3. The van der Waals surface area contributed by atoms with Crippen LogP contribution in [0.25, 0.3) is 0 Å². The minimum atomic E-state index is -0.194. The number of aromatic nitrogens is 2. The van der Waals surface area contributed by atoms with E-state index < -0.39 is 0 Å². The maximum absolute atomic E-state index is 11.7. The fourth-order valence-corrected chi connectivity index (χ4v) is 1.71. The maximum atomic E-state index is 11.7. The highest BCUT2D eigenvalue weighted by Crippen LogP contribution is 2.10. The van der Waals surface area contributed by atoms with Gasteiger partial charge in [-0.3, -0.25) is 4.79 Å². The standard InChI is InChI=1S/C14H25N5O/c1-6-15-11-9-12(18-10(2)17-11)16-8-7-13(20)19-14(3,4)5/h9H,6-8H2,1-5H3,(H,19,20)(H2,15,16,17,18). The average Bonchev–Trinajstić information content (AvgIpc) is 2.26. The fourth-order valence-electron chi connectivity index (χ4n) is 1.71. The van der Waals surface area contributed by atoms with Gasteiger partial charge in [-0.2, -0.15) is 0 Å². The summed E-state index contributed by atoms with van der Waals surface area (Å²) in [6.45, 7) is 11.1. The van der Waals surface area contributed by atoms with Crippen molar-refractivity contribution in [1.29, 1.82) is 0 Å². The molecule has 20 heavy (non-hydrogen) atoms. The Morgan fingerprint density at radius 1 is 1.20 bits per heavy atom. The first-order valence-electron chi connectivity index (χ1n) is 6.94. The van der Waals surface area contributed by atoms with Gasteiger partial charge in [0.05, 0.1) is 0 Å². The lowest BCUT2D eigenvalue weighted by atomic mass is 10.1. The molecular formula is C14H25N5O. The summed E-state index contributed by atoms with van der Waals surface area (Å²) in [7, 11) is 0. The third-order valence-electron chi connectivity index (χ3n) is 2.37. The van der Waals surface area contributed by atoms with Crippen molar-refractivity contribution in [2.75, 3.05) is 23.7 Å². The number of amides is 1. The number of rotatable bonds is 6. The van der Waals surface area contributed by atoms with Crippen LogP contribution in [0.2, 0.25) is 0 Å². The Balaban J connectivity index is 2.47. The second kappa shape index (κ2) is 7.07. The predicted octanol–water partition coefficient (Wildman–Crippen LogP) is 1.93. The van der Waals surface area contributed by atoms with Crippen molar-refractivity contribution >= 4 is 17.5 Å². The van der Waals surface area contributed by atoms with Crippen LogP contribution in [-0.2, 0) is 4.79 Å². The summed E-state index contributed by atoms with van der Waals surface area (Å²) < 4.78 is 0. The number of hydrogen-bond acceptors (Lipinski definition) is 5. The van der Waals surface area contributed by atoms with E-state index in [1.807, 2.05) is 40.7 Å². The molecular weight excluding hydrogens is 254 g/mol. The molecule has 0 fully saturated rings. The zero-order valence-electron chi connectivity index (χ0n) is 13.0. The Kier molecular flexibility index (Phi) is 5.73. The minimum absolute atomic E-state index is 0.0303. The van der Waals surface area contributed by atoms with Gasteiger partial charge in [-0.25, -0.2) is 9.97 Å². The largest absolute Gasteiger partial charge is 0.370 e. The first-order valence-corrected chi connectivity index (χ1v) is 6.94. The van der Waals surface area contributed by atoms with Crippen LogP contribution in [-0.4, -0.2) is 34.5 Å². The van der Waals surface area contributed by atoms with E-state index in [0.29, 0.717) is 18.8 Å². The van der Waals surface area contributed by atoms with Crippen LogP contribution >= 0.6 is 0 Å². The molecule has 0 atom stereocenters. The van der Waals surface area contributed by atoms with Gasteiger partial charge in [0.2, 0.25) is 5.91 Å². The number of anilines is 2. The van der Waals surface area contributed by atoms with Crippen molar-refractivity contribution < 1.29 is 4.79 Å². The lowest BCUT2D eigenvalue weighted by Gasteiger charge is -2.20. The van der Waals surface area contributed by atoms with E-state index in [-0.39, 0.29) is 11.4 Å². The second-order valence-electron chi connectivity index (χ2n) is 5.69. The molecule has 0 aromatic carbocycles. The van der Waals surface area contributed by atoms with Crippen molar-refractivity contribution in [3.05, 3.63) is 11.9 Å². The third kappa shape index (κ3) is 6.36. The molecule has 0 unspecified atom stereocenters. The molecule has 0 aliphatic heterocycles. The van der Waals surface area contributed by atoms with E-state index in [1.165, 1.54) is 0 Å². The van der Waals surface area contributed by atoms with Gasteiger partial charge in [0, 0.05) is 31.1 Å². The van der Waals surface area contributed by atoms with E-state index in [4.69, 9.17) is 0 Å². The number of nitrogens with zero attached hydrogens (tertiary/aromatic N) is 2. The summed E-state index contributed by atoms with van der Waals surface area (Å²) in [5.74, 6) is 2.26. The van der Waals surface area contributed by atoms with Crippen LogP contribution in [0.15, 0.2) is 6.07 Å². The van der Waals surface area contributed by atoms with Gasteiger partial charge in [0.15, 0.2) is 0 Å². The molecule has 6 nitrogen and oxygen atoms in total. The van der Waals surface area contributed by atoms with E-state index in [9.17, 15) is 4.79 Å². The van der Waals surface area contributed by atoms with Gasteiger partial charge in [-0.05, 0) is 34.6 Å². The van der Waals surface area contributed by atoms with Crippen LogP contribution in [0.3, 0.4) is 0 Å². The van der Waals surface area contributed by atoms with Gasteiger partial charge in [0.25, 0.3) is 0 Å². The van der Waals surface area contributed by atoms with E-state index >= 15 is 0 Å². The number of hydrogen-bond donors (Lipinski definition) is 3. The lowest BCUT2D eigenvalue weighted by molar-refractivity contribution is -0.122. The summed E-state index contributed by atoms with van der Waals surface area (Å²) in [5, 5.41) is 9.22. The van der Waals surface area contributed by atoms with Gasteiger partial charge >= 0.3 is 0 Å². The number of aryl methyl sites for hydroxylation is 1. The summed E-state index contributed by atoms with van der Waals surface area (Å²) in [5.41, 5.74) is -0.194. The summed E-state index contributed by atoms with van der Waals surface area (Å²) in [4.78, 5) is 20.3. The minimum Gasteiger partial charge on any atom is -0.370 e. The zero-order valence-corrected chi connectivity index (χ0v) is 13.0. The van der Waals surface area contributed by atoms with Crippen molar-refractivity contribution in [3.63, 3.8) is 0 Å². The molecule has 3 N–H and O–H groups in total. The Labute approximate surface area is 120 Å². The molecule has 1 aromatic rings. The average molecular weight is 279 g/mol. The SMILES string of the molecule is CCNc1cc(NCCC(=O)NC(C)(C)C)nc(C)n1. The topological polar surface area (TPSA) is 78.9 Å². The third-order valence-corrected chi connectivity index (χ3v) is 2.37. The van der Waals surface area contributed by atoms with Gasteiger partial charge in [-0.15, -0.1) is 0 Å². The predicted molar refractivity (Wildman–Crippen MR) is 81.9 cm³/mol. The van der Waals surface area contributed by atoms with Crippen LogP contribution in [0.5, 0.6) is 0 Å². The van der Waals surface area contributed by atoms with Crippen LogP contribution < -0.4 is 16.0 Å². The molecule has 6 heteroatoms. The Bertz CT molecular complexity index is 453. The maximum Gasteiger partial charge on any atom is 0.222 e. The van der Waals surface area contributed by atoms with Crippen LogP contribution in [0.4, 0.5) is 11.6 Å².